The lowest BCUT2D eigenvalue weighted by molar-refractivity contribution is 0.178. The second kappa shape index (κ2) is 9.42. The standard InChI is InChI=1S/C27H33NO2/c1-3-4-21-6-8-22(9-7-21)19-30-26-16-12-24(13-17-26)28-20(2)5-18-27(28)23-10-14-25(29)15-11-23/h5,10-18,21-22,29H,3-4,6-9,19H2,1-2H3. The average Bonchev–Trinajstić information content (AvgIpc) is 3.16. The van der Waals surface area contributed by atoms with Crippen molar-refractivity contribution in [3.63, 3.8) is 0 Å². The van der Waals surface area contributed by atoms with Crippen LogP contribution in [-0.2, 0) is 0 Å². The van der Waals surface area contributed by atoms with E-state index in [1.54, 1.807) is 12.1 Å². The average molecular weight is 404 g/mol. The van der Waals surface area contributed by atoms with Gasteiger partial charge in [-0.3, -0.25) is 0 Å². The summed E-state index contributed by atoms with van der Waals surface area (Å²) in [6.45, 7) is 5.24. The first kappa shape index (κ1) is 20.6. The number of hydrogen-bond donors (Lipinski definition) is 1. The molecule has 0 amide bonds. The minimum Gasteiger partial charge on any atom is -0.508 e. The van der Waals surface area contributed by atoms with Crippen molar-refractivity contribution in [1.29, 1.82) is 0 Å². The first-order valence-electron chi connectivity index (χ1n) is 11.3. The molecule has 0 aliphatic heterocycles. The largest absolute Gasteiger partial charge is 0.508 e. The van der Waals surface area contributed by atoms with E-state index in [1.165, 1.54) is 44.2 Å². The van der Waals surface area contributed by atoms with Crippen molar-refractivity contribution in [2.45, 2.75) is 52.4 Å². The number of aromatic hydroxyl groups is 1. The maximum Gasteiger partial charge on any atom is 0.119 e. The van der Waals surface area contributed by atoms with Gasteiger partial charge in [-0.2, -0.15) is 0 Å². The van der Waals surface area contributed by atoms with E-state index in [1.807, 2.05) is 12.1 Å². The molecular weight excluding hydrogens is 370 g/mol. The Morgan fingerprint density at radius 3 is 2.20 bits per heavy atom. The molecule has 1 N–H and O–H groups in total. The van der Waals surface area contributed by atoms with Crippen LogP contribution >= 0.6 is 0 Å². The molecule has 0 saturated heterocycles. The number of hydrogen-bond acceptors (Lipinski definition) is 2. The molecule has 3 nitrogen and oxygen atoms in total. The molecule has 1 heterocycles. The van der Waals surface area contributed by atoms with Gasteiger partial charge in [0.2, 0.25) is 0 Å². The van der Waals surface area contributed by atoms with Crippen LogP contribution in [0.15, 0.2) is 60.7 Å². The first-order valence-corrected chi connectivity index (χ1v) is 11.3. The number of aryl methyl sites for hydroxylation is 1. The van der Waals surface area contributed by atoms with E-state index in [9.17, 15) is 5.11 Å². The van der Waals surface area contributed by atoms with Gasteiger partial charge >= 0.3 is 0 Å². The number of rotatable bonds is 7. The molecule has 158 valence electrons. The fraction of sp³-hybridized carbons (Fsp3) is 0.407. The molecule has 0 atom stereocenters. The van der Waals surface area contributed by atoms with Crippen molar-refractivity contribution in [1.82, 2.24) is 4.57 Å². The highest BCUT2D eigenvalue weighted by atomic mass is 16.5. The molecule has 1 aliphatic rings. The van der Waals surface area contributed by atoms with Crippen LogP contribution in [0.1, 0.15) is 51.1 Å². The van der Waals surface area contributed by atoms with Gasteiger partial charge in [0.25, 0.3) is 0 Å². The quantitative estimate of drug-likeness (QED) is 0.455. The predicted octanol–water partition coefficient (Wildman–Crippen LogP) is 7.14. The zero-order valence-corrected chi connectivity index (χ0v) is 18.2. The van der Waals surface area contributed by atoms with E-state index in [2.05, 4.69) is 54.8 Å². The number of aromatic nitrogens is 1. The van der Waals surface area contributed by atoms with E-state index in [0.29, 0.717) is 5.92 Å². The van der Waals surface area contributed by atoms with E-state index < -0.39 is 0 Å². The molecule has 1 fully saturated rings. The Labute approximate surface area is 180 Å². The zero-order valence-electron chi connectivity index (χ0n) is 18.2. The highest BCUT2D eigenvalue weighted by Gasteiger charge is 2.21. The second-order valence-electron chi connectivity index (χ2n) is 8.72. The van der Waals surface area contributed by atoms with Gasteiger partial charge in [0, 0.05) is 11.4 Å². The van der Waals surface area contributed by atoms with Gasteiger partial charge in [-0.25, -0.2) is 0 Å². The van der Waals surface area contributed by atoms with E-state index in [-0.39, 0.29) is 5.75 Å². The minimum atomic E-state index is 0.286. The normalized spacial score (nSPS) is 19.0. The predicted molar refractivity (Wildman–Crippen MR) is 123 cm³/mol. The Hall–Kier alpha value is -2.68. The highest BCUT2D eigenvalue weighted by molar-refractivity contribution is 5.65. The second-order valence-corrected chi connectivity index (χ2v) is 8.72. The molecule has 3 heteroatoms. The van der Waals surface area contributed by atoms with Crippen molar-refractivity contribution in [2.75, 3.05) is 6.61 Å². The smallest absolute Gasteiger partial charge is 0.119 e. The lowest BCUT2D eigenvalue weighted by atomic mass is 9.80. The van der Waals surface area contributed by atoms with Crippen LogP contribution in [0, 0.1) is 18.8 Å². The monoisotopic (exact) mass is 403 g/mol. The van der Waals surface area contributed by atoms with Gasteiger partial charge in [0.1, 0.15) is 11.5 Å². The van der Waals surface area contributed by atoms with Crippen LogP contribution in [0.25, 0.3) is 16.9 Å². The van der Waals surface area contributed by atoms with Gasteiger partial charge in [-0.05, 0) is 97.8 Å². The Kier molecular flexibility index (Phi) is 6.47. The van der Waals surface area contributed by atoms with Crippen molar-refractivity contribution in [3.8, 4) is 28.4 Å². The number of benzene rings is 2. The summed E-state index contributed by atoms with van der Waals surface area (Å²) in [5.41, 5.74) is 4.49. The molecule has 0 radical (unpaired) electrons. The lowest BCUT2D eigenvalue weighted by Crippen LogP contribution is -2.20. The maximum absolute atomic E-state index is 9.59. The van der Waals surface area contributed by atoms with E-state index in [4.69, 9.17) is 4.74 Å². The third-order valence-corrected chi connectivity index (χ3v) is 6.48. The molecule has 30 heavy (non-hydrogen) atoms. The minimum absolute atomic E-state index is 0.286. The summed E-state index contributed by atoms with van der Waals surface area (Å²) in [5, 5.41) is 9.59. The molecule has 2 aromatic carbocycles. The van der Waals surface area contributed by atoms with Gasteiger partial charge in [-0.15, -0.1) is 0 Å². The number of nitrogens with zero attached hydrogens (tertiary/aromatic N) is 1. The van der Waals surface area contributed by atoms with Crippen molar-refractivity contribution >= 4 is 0 Å². The number of ether oxygens (including phenoxy) is 1. The van der Waals surface area contributed by atoms with Crippen LogP contribution in [0.2, 0.25) is 0 Å². The molecule has 1 aromatic heterocycles. The Balaban J connectivity index is 1.41. The molecule has 4 rings (SSSR count). The summed E-state index contributed by atoms with van der Waals surface area (Å²) in [5.74, 6) is 2.88. The third kappa shape index (κ3) is 4.72. The summed E-state index contributed by atoms with van der Waals surface area (Å²) in [4.78, 5) is 0. The summed E-state index contributed by atoms with van der Waals surface area (Å²) >= 11 is 0. The van der Waals surface area contributed by atoms with E-state index in [0.717, 1.165) is 35.2 Å². The summed E-state index contributed by atoms with van der Waals surface area (Å²) in [7, 11) is 0. The third-order valence-electron chi connectivity index (χ3n) is 6.48. The van der Waals surface area contributed by atoms with Crippen LogP contribution in [-0.4, -0.2) is 16.3 Å². The molecule has 0 bridgehead atoms. The van der Waals surface area contributed by atoms with Crippen LogP contribution in [0.5, 0.6) is 11.5 Å². The van der Waals surface area contributed by atoms with Gasteiger partial charge in [-0.1, -0.05) is 32.6 Å². The highest BCUT2D eigenvalue weighted by Crippen LogP contribution is 2.32. The van der Waals surface area contributed by atoms with Crippen LogP contribution in [0.3, 0.4) is 0 Å². The van der Waals surface area contributed by atoms with Gasteiger partial charge in [0.05, 0.1) is 12.3 Å². The Morgan fingerprint density at radius 2 is 1.53 bits per heavy atom. The summed E-state index contributed by atoms with van der Waals surface area (Å²) in [6.07, 6.45) is 8.05. The molecule has 0 unspecified atom stereocenters. The summed E-state index contributed by atoms with van der Waals surface area (Å²) in [6, 6.07) is 20.0. The van der Waals surface area contributed by atoms with E-state index >= 15 is 0 Å². The van der Waals surface area contributed by atoms with Crippen molar-refractivity contribution < 1.29 is 9.84 Å². The molecule has 0 spiro atoms. The SMILES string of the molecule is CCCC1CCC(COc2ccc(-n3c(C)ccc3-c3ccc(O)cc3)cc2)CC1. The zero-order chi connectivity index (χ0) is 20.9. The Bertz CT molecular complexity index is 932. The van der Waals surface area contributed by atoms with Crippen LogP contribution in [0.4, 0.5) is 0 Å². The van der Waals surface area contributed by atoms with Crippen molar-refractivity contribution in [2.24, 2.45) is 11.8 Å². The molecule has 1 saturated carbocycles. The maximum atomic E-state index is 9.59. The Morgan fingerprint density at radius 1 is 0.867 bits per heavy atom. The van der Waals surface area contributed by atoms with Crippen LogP contribution < -0.4 is 4.74 Å². The van der Waals surface area contributed by atoms with Gasteiger partial charge < -0.3 is 14.4 Å². The molecule has 3 aromatic rings. The fourth-order valence-corrected chi connectivity index (χ4v) is 4.74. The first-order chi connectivity index (χ1) is 14.6. The summed E-state index contributed by atoms with van der Waals surface area (Å²) < 4.78 is 8.38. The van der Waals surface area contributed by atoms with Gasteiger partial charge in [0.15, 0.2) is 0 Å². The number of phenols is 1. The topological polar surface area (TPSA) is 34.4 Å². The molecule has 1 aliphatic carbocycles. The number of phenolic OH excluding ortho intramolecular Hbond substituents is 1. The van der Waals surface area contributed by atoms with Crippen molar-refractivity contribution in [3.05, 3.63) is 66.4 Å². The lowest BCUT2D eigenvalue weighted by Gasteiger charge is -2.28. The molecular formula is C27H33NO2. The fourth-order valence-electron chi connectivity index (χ4n) is 4.74.